The molecule has 1 aromatic carbocycles. The number of benzene rings is 1. The topological polar surface area (TPSA) is 70.8 Å². The third-order valence-corrected chi connectivity index (χ3v) is 4.59. The van der Waals surface area contributed by atoms with Crippen LogP contribution in [0.25, 0.3) is 11.3 Å². The first-order valence-electron chi connectivity index (χ1n) is 7.54. The molecule has 1 aromatic heterocycles. The van der Waals surface area contributed by atoms with E-state index in [9.17, 15) is 4.21 Å². The Morgan fingerprint density at radius 3 is 2.87 bits per heavy atom. The number of rotatable bonds is 7. The molecule has 2 aromatic rings. The van der Waals surface area contributed by atoms with Crippen LogP contribution >= 0.6 is 0 Å². The van der Waals surface area contributed by atoms with E-state index in [1.165, 1.54) is 0 Å². The lowest BCUT2D eigenvalue weighted by atomic mass is 10.1. The number of hydrogen-bond acceptors (Lipinski definition) is 6. The average Bonchev–Trinajstić information content (AvgIpc) is 3.03. The summed E-state index contributed by atoms with van der Waals surface area (Å²) in [6.07, 6.45) is 0. The maximum absolute atomic E-state index is 11.9. The molecule has 2 heterocycles. The van der Waals surface area contributed by atoms with Crippen LogP contribution in [0.4, 0.5) is 0 Å². The number of aromatic nitrogens is 1. The molecule has 0 saturated carbocycles. The minimum atomic E-state index is -1.01. The van der Waals surface area contributed by atoms with Crippen molar-refractivity contribution in [1.29, 1.82) is 0 Å². The molecule has 0 aliphatic carbocycles. The van der Waals surface area contributed by atoms with Gasteiger partial charge in [-0.05, 0) is 25.1 Å². The predicted octanol–water partition coefficient (Wildman–Crippen LogP) is 2.40. The smallest absolute Gasteiger partial charge is 0.167 e. The van der Waals surface area contributed by atoms with Crippen LogP contribution in [-0.2, 0) is 21.3 Å². The fourth-order valence-corrected chi connectivity index (χ4v) is 3.16. The van der Waals surface area contributed by atoms with Crippen molar-refractivity contribution in [2.45, 2.75) is 12.7 Å². The van der Waals surface area contributed by atoms with Gasteiger partial charge in [-0.3, -0.25) is 4.21 Å². The van der Waals surface area contributed by atoms with Crippen LogP contribution in [-0.4, -0.2) is 41.5 Å². The van der Waals surface area contributed by atoms with Crippen molar-refractivity contribution in [3.05, 3.63) is 30.0 Å². The van der Waals surface area contributed by atoms with Gasteiger partial charge >= 0.3 is 0 Å². The fourth-order valence-electron chi connectivity index (χ4n) is 2.25. The SMILES string of the molecule is CCOCCS(=O)Cc1cc(-c2ccc3c(c2)OCCO3)on1. The van der Waals surface area contributed by atoms with Gasteiger partial charge in [0.15, 0.2) is 17.3 Å². The van der Waals surface area contributed by atoms with E-state index in [1.807, 2.05) is 31.2 Å². The highest BCUT2D eigenvalue weighted by molar-refractivity contribution is 7.84. The standard InChI is InChI=1S/C16H19NO5S/c1-2-19-7-8-23(18)11-13-10-15(22-17-13)12-3-4-14-16(9-12)21-6-5-20-14/h3-4,9-10H,2,5-8,11H2,1H3. The van der Waals surface area contributed by atoms with Gasteiger partial charge in [0.25, 0.3) is 0 Å². The number of hydrogen-bond donors (Lipinski definition) is 0. The molecule has 0 bridgehead atoms. The minimum Gasteiger partial charge on any atom is -0.486 e. The van der Waals surface area contributed by atoms with E-state index < -0.39 is 10.8 Å². The van der Waals surface area contributed by atoms with E-state index >= 15 is 0 Å². The van der Waals surface area contributed by atoms with Crippen molar-refractivity contribution < 1.29 is 22.9 Å². The second-order valence-electron chi connectivity index (χ2n) is 5.03. The molecule has 0 fully saturated rings. The lowest BCUT2D eigenvalue weighted by molar-refractivity contribution is 0.164. The molecule has 1 aliphatic rings. The van der Waals surface area contributed by atoms with Crippen molar-refractivity contribution in [3.8, 4) is 22.8 Å². The first-order chi connectivity index (χ1) is 11.3. The summed E-state index contributed by atoms with van der Waals surface area (Å²) in [6.45, 7) is 4.15. The Morgan fingerprint density at radius 1 is 1.22 bits per heavy atom. The zero-order chi connectivity index (χ0) is 16.1. The Kier molecular flexibility index (Phi) is 5.30. The lowest BCUT2D eigenvalue weighted by Crippen LogP contribution is -2.15. The van der Waals surface area contributed by atoms with E-state index in [0.29, 0.717) is 55.1 Å². The van der Waals surface area contributed by atoms with E-state index in [2.05, 4.69) is 5.16 Å². The molecule has 0 amide bonds. The Hall–Kier alpha value is -1.86. The van der Waals surface area contributed by atoms with Gasteiger partial charge in [-0.15, -0.1) is 0 Å². The van der Waals surface area contributed by atoms with Crippen molar-refractivity contribution in [2.24, 2.45) is 0 Å². The molecule has 1 unspecified atom stereocenters. The maximum Gasteiger partial charge on any atom is 0.167 e. The summed E-state index contributed by atoms with van der Waals surface area (Å²) in [5.74, 6) is 2.92. The third kappa shape index (κ3) is 4.11. The summed E-state index contributed by atoms with van der Waals surface area (Å²) in [4.78, 5) is 0. The van der Waals surface area contributed by atoms with Crippen molar-refractivity contribution in [3.63, 3.8) is 0 Å². The third-order valence-electron chi connectivity index (χ3n) is 3.35. The largest absolute Gasteiger partial charge is 0.486 e. The zero-order valence-electron chi connectivity index (χ0n) is 12.9. The Balaban J connectivity index is 1.66. The van der Waals surface area contributed by atoms with Crippen molar-refractivity contribution in [2.75, 3.05) is 32.2 Å². The molecule has 0 saturated heterocycles. The Labute approximate surface area is 137 Å². The van der Waals surface area contributed by atoms with Gasteiger partial charge in [0.1, 0.15) is 13.2 Å². The molecule has 1 aliphatic heterocycles. The molecule has 124 valence electrons. The quantitative estimate of drug-likeness (QED) is 0.723. The summed E-state index contributed by atoms with van der Waals surface area (Å²) in [5.41, 5.74) is 1.53. The molecule has 23 heavy (non-hydrogen) atoms. The highest BCUT2D eigenvalue weighted by atomic mass is 32.2. The van der Waals surface area contributed by atoms with Gasteiger partial charge in [0.05, 0.1) is 18.1 Å². The normalized spacial score (nSPS) is 14.7. The van der Waals surface area contributed by atoms with Crippen LogP contribution in [0.15, 0.2) is 28.8 Å². The number of fused-ring (bicyclic) bond motifs is 1. The molecule has 1 atom stereocenters. The number of ether oxygens (including phenoxy) is 3. The Bertz CT molecular complexity index is 685. The molecule has 3 rings (SSSR count). The minimum absolute atomic E-state index is 0.362. The summed E-state index contributed by atoms with van der Waals surface area (Å²) >= 11 is 0. The predicted molar refractivity (Wildman–Crippen MR) is 86.1 cm³/mol. The van der Waals surface area contributed by atoms with Gasteiger partial charge in [0.2, 0.25) is 0 Å². The molecule has 0 radical (unpaired) electrons. The molecular weight excluding hydrogens is 318 g/mol. The highest BCUT2D eigenvalue weighted by Gasteiger charge is 2.15. The maximum atomic E-state index is 11.9. The van der Waals surface area contributed by atoms with Crippen LogP contribution in [0.2, 0.25) is 0 Å². The fraction of sp³-hybridized carbons (Fsp3) is 0.438. The van der Waals surface area contributed by atoms with Crippen molar-refractivity contribution in [1.82, 2.24) is 5.16 Å². The van der Waals surface area contributed by atoms with Gasteiger partial charge in [-0.25, -0.2) is 0 Å². The van der Waals surface area contributed by atoms with Gasteiger partial charge < -0.3 is 18.7 Å². The van der Waals surface area contributed by atoms with Crippen molar-refractivity contribution >= 4 is 10.8 Å². The number of nitrogens with zero attached hydrogens (tertiary/aromatic N) is 1. The van der Waals surface area contributed by atoms with E-state index in [0.717, 1.165) is 11.3 Å². The molecule has 6 nitrogen and oxygen atoms in total. The van der Waals surface area contributed by atoms with Crippen LogP contribution < -0.4 is 9.47 Å². The second-order valence-corrected chi connectivity index (χ2v) is 6.60. The van der Waals surface area contributed by atoms with Gasteiger partial charge in [0, 0.05) is 34.8 Å². The highest BCUT2D eigenvalue weighted by Crippen LogP contribution is 2.34. The van der Waals surface area contributed by atoms with Crippen LogP contribution in [0.3, 0.4) is 0 Å². The van der Waals surface area contributed by atoms with E-state index in [4.69, 9.17) is 18.7 Å². The van der Waals surface area contributed by atoms with Crippen LogP contribution in [0.5, 0.6) is 11.5 Å². The zero-order valence-corrected chi connectivity index (χ0v) is 13.8. The molecule has 7 heteroatoms. The van der Waals surface area contributed by atoms with E-state index in [-0.39, 0.29) is 0 Å². The average molecular weight is 337 g/mol. The summed E-state index contributed by atoms with van der Waals surface area (Å²) in [6, 6.07) is 7.42. The summed E-state index contributed by atoms with van der Waals surface area (Å²) in [7, 11) is -1.01. The monoisotopic (exact) mass is 337 g/mol. The summed E-state index contributed by atoms with van der Waals surface area (Å²) < 4.78 is 33.6. The van der Waals surface area contributed by atoms with Gasteiger partial charge in [-0.2, -0.15) is 0 Å². The summed E-state index contributed by atoms with van der Waals surface area (Å²) in [5, 5.41) is 3.99. The van der Waals surface area contributed by atoms with Crippen LogP contribution in [0, 0.1) is 0 Å². The molecule has 0 N–H and O–H groups in total. The van der Waals surface area contributed by atoms with E-state index in [1.54, 1.807) is 0 Å². The lowest BCUT2D eigenvalue weighted by Gasteiger charge is -2.18. The van der Waals surface area contributed by atoms with Crippen LogP contribution in [0.1, 0.15) is 12.6 Å². The molecular formula is C16H19NO5S. The Morgan fingerprint density at radius 2 is 2.04 bits per heavy atom. The first-order valence-corrected chi connectivity index (χ1v) is 9.03. The second kappa shape index (κ2) is 7.61. The first kappa shape index (κ1) is 16.0. The molecule has 0 spiro atoms. The van der Waals surface area contributed by atoms with Gasteiger partial charge in [-0.1, -0.05) is 5.16 Å².